The van der Waals surface area contributed by atoms with Crippen LogP contribution in [-0.2, 0) is 0 Å². The van der Waals surface area contributed by atoms with Gasteiger partial charge in [0, 0.05) is 31.2 Å². The molecular weight excluding hydrogens is 353 g/mol. The quantitative estimate of drug-likeness (QED) is 0.880. The van der Waals surface area contributed by atoms with Crippen molar-refractivity contribution in [1.82, 2.24) is 10.1 Å². The van der Waals surface area contributed by atoms with Gasteiger partial charge in [-0.2, -0.15) is 0 Å². The van der Waals surface area contributed by atoms with Gasteiger partial charge >= 0.3 is 5.97 Å². The minimum absolute atomic E-state index is 0.00936. The number of fused-ring (bicyclic) bond motifs is 1. The molecule has 0 radical (unpaired) electrons. The fraction of sp³-hybridized carbons (Fsp3) is 0.474. The summed E-state index contributed by atoms with van der Waals surface area (Å²) in [7, 11) is 1.36. The van der Waals surface area contributed by atoms with Crippen molar-refractivity contribution in [3.8, 4) is 17.1 Å². The normalized spacial score (nSPS) is 20.4. The lowest BCUT2D eigenvalue weighted by Gasteiger charge is -2.25. The Kier molecular flexibility index (Phi) is 4.73. The summed E-state index contributed by atoms with van der Waals surface area (Å²) in [6.07, 6.45) is 3.23. The third-order valence-corrected chi connectivity index (χ3v) is 5.40. The summed E-state index contributed by atoms with van der Waals surface area (Å²) in [5.74, 6) is -1.15. The van der Waals surface area contributed by atoms with Crippen molar-refractivity contribution < 1.29 is 23.6 Å². The van der Waals surface area contributed by atoms with Crippen LogP contribution in [0, 0.1) is 5.82 Å². The number of carboxylic acids is 1. The molecule has 2 fully saturated rings. The Balaban J connectivity index is 1.71. The molecule has 2 saturated heterocycles. The van der Waals surface area contributed by atoms with Crippen molar-refractivity contribution in [1.29, 1.82) is 0 Å². The van der Waals surface area contributed by atoms with Crippen LogP contribution in [0.5, 0.6) is 5.75 Å². The number of anilines is 1. The molecule has 4 rings (SSSR count). The van der Waals surface area contributed by atoms with Crippen LogP contribution in [0.3, 0.4) is 0 Å². The van der Waals surface area contributed by atoms with Crippen LogP contribution < -0.4 is 9.64 Å². The van der Waals surface area contributed by atoms with Crippen molar-refractivity contribution in [3.05, 3.63) is 29.6 Å². The van der Waals surface area contributed by atoms with Gasteiger partial charge in [-0.1, -0.05) is 5.16 Å². The van der Waals surface area contributed by atoms with E-state index in [9.17, 15) is 14.3 Å². The summed E-state index contributed by atoms with van der Waals surface area (Å²) >= 11 is 0. The number of carboxylic acid groups (broad SMARTS) is 1. The first kappa shape index (κ1) is 17.8. The number of aromatic carboxylic acids is 1. The zero-order valence-corrected chi connectivity index (χ0v) is 15.2. The molecule has 8 heteroatoms. The molecule has 144 valence electrons. The summed E-state index contributed by atoms with van der Waals surface area (Å²) in [4.78, 5) is 16.5. The maximum Gasteiger partial charge on any atom is 0.343 e. The lowest BCUT2D eigenvalue weighted by Crippen LogP contribution is -2.37. The Labute approximate surface area is 156 Å². The fourth-order valence-electron chi connectivity index (χ4n) is 4.09. The van der Waals surface area contributed by atoms with Gasteiger partial charge in [0.05, 0.1) is 7.11 Å². The number of ether oxygens (including phenoxy) is 1. The Hall–Kier alpha value is -2.61. The molecule has 0 amide bonds. The highest BCUT2D eigenvalue weighted by molar-refractivity contribution is 5.99. The van der Waals surface area contributed by atoms with Crippen molar-refractivity contribution in [2.45, 2.75) is 25.3 Å². The third-order valence-electron chi connectivity index (χ3n) is 5.40. The van der Waals surface area contributed by atoms with Crippen molar-refractivity contribution in [3.63, 3.8) is 0 Å². The second-order valence-corrected chi connectivity index (χ2v) is 7.00. The van der Waals surface area contributed by atoms with Gasteiger partial charge in [0.1, 0.15) is 0 Å². The number of benzene rings is 1. The van der Waals surface area contributed by atoms with Gasteiger partial charge in [0.25, 0.3) is 0 Å². The summed E-state index contributed by atoms with van der Waals surface area (Å²) < 4.78 is 24.1. The molecule has 27 heavy (non-hydrogen) atoms. The summed E-state index contributed by atoms with van der Waals surface area (Å²) in [5.41, 5.74) is 0.428. The molecule has 1 N–H and O–H groups in total. The number of rotatable bonds is 4. The van der Waals surface area contributed by atoms with Gasteiger partial charge in [-0.15, -0.1) is 0 Å². The lowest BCUT2D eigenvalue weighted by molar-refractivity contribution is 0.0697. The monoisotopic (exact) mass is 375 g/mol. The number of methoxy groups -OCH3 is 1. The zero-order valence-electron chi connectivity index (χ0n) is 15.2. The molecule has 7 nitrogen and oxygen atoms in total. The first-order valence-corrected chi connectivity index (χ1v) is 9.14. The first-order chi connectivity index (χ1) is 13.1. The molecule has 1 aromatic carbocycles. The predicted octanol–water partition coefficient (Wildman–Crippen LogP) is 2.86. The topological polar surface area (TPSA) is 79.0 Å². The Morgan fingerprint density at radius 1 is 1.33 bits per heavy atom. The maximum absolute atomic E-state index is 13.7. The van der Waals surface area contributed by atoms with Crippen LogP contribution >= 0.6 is 0 Å². The number of aromatic nitrogens is 1. The van der Waals surface area contributed by atoms with Gasteiger partial charge in [-0.25, -0.2) is 9.18 Å². The molecule has 0 unspecified atom stereocenters. The lowest BCUT2D eigenvalue weighted by atomic mass is 10.1. The summed E-state index contributed by atoms with van der Waals surface area (Å²) in [6, 6.07) is 4.54. The number of hydrogen-bond acceptors (Lipinski definition) is 6. The van der Waals surface area contributed by atoms with E-state index in [1.807, 2.05) is 4.90 Å². The summed E-state index contributed by atoms with van der Waals surface area (Å²) in [5, 5.41) is 13.9. The highest BCUT2D eigenvalue weighted by atomic mass is 19.1. The average molecular weight is 375 g/mol. The molecular formula is C19H22FN3O4. The van der Waals surface area contributed by atoms with Gasteiger partial charge in [0.15, 0.2) is 28.7 Å². The van der Waals surface area contributed by atoms with E-state index in [0.717, 1.165) is 39.0 Å². The molecule has 1 aromatic heterocycles. The van der Waals surface area contributed by atoms with Gasteiger partial charge < -0.3 is 19.3 Å². The summed E-state index contributed by atoms with van der Waals surface area (Å²) in [6.45, 7) is 3.58. The van der Waals surface area contributed by atoms with E-state index in [-0.39, 0.29) is 17.1 Å². The Bertz CT molecular complexity index is 853. The largest absolute Gasteiger partial charge is 0.494 e. The molecule has 0 spiro atoms. The SMILES string of the molecule is COc1cc(-c2onc(N3CCCN4CCC[C@H]4C3)c2C(=O)O)ccc1F. The standard InChI is InChI=1S/C19H22FN3O4/c1-26-15-10-12(5-6-14(15)20)17-16(19(24)25)18(21-27-17)23-9-3-8-22-7-2-4-13(22)11-23/h5-6,10,13H,2-4,7-9,11H2,1H3,(H,24,25)/t13-/m0/s1. The highest BCUT2D eigenvalue weighted by Crippen LogP contribution is 2.35. The predicted molar refractivity (Wildman–Crippen MR) is 96.8 cm³/mol. The number of hydrogen-bond donors (Lipinski definition) is 1. The third kappa shape index (κ3) is 3.25. The molecule has 0 saturated carbocycles. The number of halogens is 1. The van der Waals surface area contributed by atoms with Crippen molar-refractivity contribution in [2.75, 3.05) is 38.2 Å². The van der Waals surface area contributed by atoms with E-state index in [1.165, 1.54) is 31.7 Å². The van der Waals surface area contributed by atoms with Gasteiger partial charge in [0.2, 0.25) is 0 Å². The van der Waals surface area contributed by atoms with Gasteiger partial charge in [-0.3, -0.25) is 4.90 Å². The Morgan fingerprint density at radius 3 is 2.93 bits per heavy atom. The van der Waals surface area contributed by atoms with Crippen LogP contribution in [0.15, 0.2) is 22.7 Å². The molecule has 0 aliphatic carbocycles. The van der Waals surface area contributed by atoms with E-state index < -0.39 is 11.8 Å². The van der Waals surface area contributed by atoms with Crippen LogP contribution in [0.2, 0.25) is 0 Å². The van der Waals surface area contributed by atoms with Crippen LogP contribution in [0.25, 0.3) is 11.3 Å². The van der Waals surface area contributed by atoms with Crippen LogP contribution in [0.4, 0.5) is 10.2 Å². The minimum Gasteiger partial charge on any atom is -0.494 e. The molecule has 1 atom stereocenters. The minimum atomic E-state index is -1.11. The second kappa shape index (κ2) is 7.19. The first-order valence-electron chi connectivity index (χ1n) is 9.14. The second-order valence-electron chi connectivity index (χ2n) is 7.00. The number of carbonyl (C=O) groups is 1. The van der Waals surface area contributed by atoms with E-state index >= 15 is 0 Å². The van der Waals surface area contributed by atoms with E-state index in [0.29, 0.717) is 17.4 Å². The highest BCUT2D eigenvalue weighted by Gasteiger charge is 2.33. The fourth-order valence-corrected chi connectivity index (χ4v) is 4.09. The van der Waals surface area contributed by atoms with E-state index in [2.05, 4.69) is 10.1 Å². The molecule has 2 aliphatic heterocycles. The van der Waals surface area contributed by atoms with Crippen molar-refractivity contribution in [2.24, 2.45) is 0 Å². The molecule has 2 aliphatic rings. The number of nitrogens with zero attached hydrogens (tertiary/aromatic N) is 3. The zero-order chi connectivity index (χ0) is 19.0. The van der Waals surface area contributed by atoms with Crippen molar-refractivity contribution >= 4 is 11.8 Å². The van der Waals surface area contributed by atoms with Gasteiger partial charge in [-0.05, 0) is 44.0 Å². The average Bonchev–Trinajstić information content (AvgIpc) is 3.24. The maximum atomic E-state index is 13.7. The van der Waals surface area contributed by atoms with E-state index in [4.69, 9.17) is 9.26 Å². The molecule has 0 bridgehead atoms. The smallest absolute Gasteiger partial charge is 0.343 e. The Morgan fingerprint density at radius 2 is 2.15 bits per heavy atom. The van der Waals surface area contributed by atoms with Crippen LogP contribution in [-0.4, -0.2) is 60.5 Å². The molecule has 3 heterocycles. The molecule has 2 aromatic rings. The van der Waals surface area contributed by atoms with Crippen LogP contribution in [0.1, 0.15) is 29.6 Å². The van der Waals surface area contributed by atoms with E-state index in [1.54, 1.807) is 0 Å².